The summed E-state index contributed by atoms with van der Waals surface area (Å²) in [6.45, 7) is 9.25. The van der Waals surface area contributed by atoms with Gasteiger partial charge in [0.15, 0.2) is 0 Å². The van der Waals surface area contributed by atoms with E-state index in [1.165, 1.54) is 19.3 Å². The van der Waals surface area contributed by atoms with Gasteiger partial charge in [0.25, 0.3) is 0 Å². The number of hydrogen-bond donors (Lipinski definition) is 0. The molecule has 3 saturated heterocycles. The first-order valence-corrected chi connectivity index (χ1v) is 11.7. The number of carbonyl (C=O) groups excluding carboxylic acids is 2. The lowest BCUT2D eigenvalue weighted by Crippen LogP contribution is -2.55. The van der Waals surface area contributed by atoms with E-state index in [0.29, 0.717) is 25.6 Å². The maximum atomic E-state index is 12.9. The van der Waals surface area contributed by atoms with Crippen LogP contribution in [0.2, 0.25) is 0 Å². The molecule has 0 bridgehead atoms. The fourth-order valence-electron chi connectivity index (χ4n) is 7.39. The Labute approximate surface area is 173 Å². The highest BCUT2D eigenvalue weighted by Gasteiger charge is 2.78. The lowest BCUT2D eigenvalue weighted by atomic mass is 9.53. The summed E-state index contributed by atoms with van der Waals surface area (Å²) in [6, 6.07) is 0. The van der Waals surface area contributed by atoms with Gasteiger partial charge >= 0.3 is 11.9 Å². The Bertz CT molecular complexity index is 697. The van der Waals surface area contributed by atoms with Gasteiger partial charge in [-0.1, -0.05) is 20.3 Å². The SMILES string of the molecule is CCOC(=O)[C@@H]1CCCN(C[C@@H]2C(=O)O[C@@H]3C[C@@]4(C)CCC[C@H](C)[C@@]45O[C@H]5[C@H]23)C1. The highest BCUT2D eigenvalue weighted by atomic mass is 16.6. The van der Waals surface area contributed by atoms with Crippen molar-refractivity contribution < 1.29 is 23.8 Å². The van der Waals surface area contributed by atoms with Crippen LogP contribution in [-0.4, -0.2) is 60.9 Å². The summed E-state index contributed by atoms with van der Waals surface area (Å²) in [7, 11) is 0. The summed E-state index contributed by atoms with van der Waals surface area (Å²) in [6.07, 6.45) is 6.57. The minimum Gasteiger partial charge on any atom is -0.466 e. The molecule has 3 heterocycles. The second kappa shape index (κ2) is 6.94. The quantitative estimate of drug-likeness (QED) is 0.529. The number of ether oxygens (including phenoxy) is 3. The molecule has 2 aliphatic carbocycles. The van der Waals surface area contributed by atoms with Gasteiger partial charge in [0.2, 0.25) is 0 Å². The first-order chi connectivity index (χ1) is 13.9. The average molecular weight is 406 g/mol. The van der Waals surface area contributed by atoms with E-state index in [4.69, 9.17) is 14.2 Å². The predicted molar refractivity (Wildman–Crippen MR) is 106 cm³/mol. The van der Waals surface area contributed by atoms with Gasteiger partial charge in [-0.3, -0.25) is 9.59 Å². The summed E-state index contributed by atoms with van der Waals surface area (Å²) in [5, 5.41) is 0. The number of likely N-dealkylation sites (tertiary alicyclic amines) is 1. The minimum absolute atomic E-state index is 0.00549. The fraction of sp³-hybridized carbons (Fsp3) is 0.913. The van der Waals surface area contributed by atoms with Gasteiger partial charge in [-0.2, -0.15) is 0 Å². The summed E-state index contributed by atoms with van der Waals surface area (Å²) in [5.74, 6) is 0.347. The Kier molecular flexibility index (Phi) is 4.74. The molecule has 8 atom stereocenters. The Balaban J connectivity index is 1.31. The third kappa shape index (κ3) is 2.88. The number of carbonyl (C=O) groups is 2. The van der Waals surface area contributed by atoms with E-state index < -0.39 is 0 Å². The number of fused-ring (bicyclic) bond motifs is 2. The zero-order valence-corrected chi connectivity index (χ0v) is 18.0. The average Bonchev–Trinajstić information content (AvgIpc) is 3.37. The Morgan fingerprint density at radius 1 is 1.31 bits per heavy atom. The summed E-state index contributed by atoms with van der Waals surface area (Å²) in [4.78, 5) is 27.4. The molecule has 162 valence electrons. The molecule has 2 saturated carbocycles. The van der Waals surface area contributed by atoms with E-state index in [9.17, 15) is 9.59 Å². The zero-order chi connectivity index (χ0) is 20.4. The number of nitrogens with zero attached hydrogens (tertiary/aromatic N) is 1. The molecular formula is C23H35NO5. The van der Waals surface area contributed by atoms with Gasteiger partial charge in [-0.25, -0.2) is 0 Å². The van der Waals surface area contributed by atoms with Gasteiger partial charge in [-0.05, 0) is 51.5 Å². The van der Waals surface area contributed by atoms with Crippen molar-refractivity contribution in [2.75, 3.05) is 26.2 Å². The van der Waals surface area contributed by atoms with Crippen LogP contribution in [0, 0.1) is 29.1 Å². The van der Waals surface area contributed by atoms with Gasteiger partial charge in [0, 0.05) is 24.4 Å². The molecule has 6 nitrogen and oxygen atoms in total. The van der Waals surface area contributed by atoms with Gasteiger partial charge in [0.1, 0.15) is 11.7 Å². The standard InChI is InChI=1S/C23H35NO5/c1-4-27-20(25)15-8-6-10-24(12-15)13-16-18-17(28-21(16)26)11-22(3)9-5-7-14(2)23(22)19(18)29-23/h14-19H,4-13H2,1-3H3/t14-,15+,16-,17+,18+,19-,22+,23-/m0/s1. The van der Waals surface area contributed by atoms with Crippen LogP contribution < -0.4 is 0 Å². The lowest BCUT2D eigenvalue weighted by Gasteiger charge is -2.49. The van der Waals surface area contributed by atoms with Crippen LogP contribution in [0.3, 0.4) is 0 Å². The van der Waals surface area contributed by atoms with Gasteiger partial charge in [-0.15, -0.1) is 0 Å². The molecule has 6 heteroatoms. The molecule has 5 aliphatic rings. The molecule has 0 aromatic carbocycles. The molecule has 0 radical (unpaired) electrons. The van der Waals surface area contributed by atoms with Crippen LogP contribution >= 0.6 is 0 Å². The molecule has 1 spiro atoms. The van der Waals surface area contributed by atoms with E-state index in [0.717, 1.165) is 25.8 Å². The number of epoxide rings is 1. The van der Waals surface area contributed by atoms with Crippen molar-refractivity contribution in [1.29, 1.82) is 0 Å². The first kappa shape index (κ1) is 19.8. The molecule has 0 N–H and O–H groups in total. The van der Waals surface area contributed by atoms with E-state index >= 15 is 0 Å². The molecule has 0 aromatic heterocycles. The largest absolute Gasteiger partial charge is 0.466 e. The monoisotopic (exact) mass is 405 g/mol. The molecule has 5 rings (SSSR count). The Morgan fingerprint density at radius 3 is 2.93 bits per heavy atom. The minimum atomic E-state index is -0.135. The Morgan fingerprint density at radius 2 is 2.14 bits per heavy atom. The molecule has 29 heavy (non-hydrogen) atoms. The highest BCUT2D eigenvalue weighted by Crippen LogP contribution is 2.70. The zero-order valence-electron chi connectivity index (χ0n) is 18.0. The second-order valence-electron chi connectivity index (χ2n) is 10.4. The van der Waals surface area contributed by atoms with Crippen molar-refractivity contribution in [2.45, 2.75) is 77.1 Å². The molecule has 0 aromatic rings. The van der Waals surface area contributed by atoms with Gasteiger partial charge in [0.05, 0.1) is 24.5 Å². The molecule has 0 amide bonds. The maximum Gasteiger partial charge on any atom is 0.311 e. The van der Waals surface area contributed by atoms with Crippen molar-refractivity contribution in [1.82, 2.24) is 4.90 Å². The normalized spacial score (nSPS) is 48.9. The van der Waals surface area contributed by atoms with Crippen LogP contribution in [-0.2, 0) is 23.8 Å². The van der Waals surface area contributed by atoms with Crippen molar-refractivity contribution in [3.05, 3.63) is 0 Å². The van der Waals surface area contributed by atoms with Crippen LogP contribution in [0.15, 0.2) is 0 Å². The van der Waals surface area contributed by atoms with E-state index in [2.05, 4.69) is 18.7 Å². The van der Waals surface area contributed by atoms with E-state index in [-0.39, 0.29) is 52.9 Å². The highest BCUT2D eigenvalue weighted by molar-refractivity contribution is 5.76. The lowest BCUT2D eigenvalue weighted by molar-refractivity contribution is -0.150. The fourth-order valence-corrected chi connectivity index (χ4v) is 7.39. The molecular weight excluding hydrogens is 370 g/mol. The second-order valence-corrected chi connectivity index (χ2v) is 10.4. The smallest absolute Gasteiger partial charge is 0.311 e. The third-order valence-electron chi connectivity index (χ3n) is 8.77. The maximum absolute atomic E-state index is 12.9. The topological polar surface area (TPSA) is 68.4 Å². The van der Waals surface area contributed by atoms with E-state index in [1.807, 2.05) is 6.92 Å². The van der Waals surface area contributed by atoms with Crippen LogP contribution in [0.5, 0.6) is 0 Å². The third-order valence-corrected chi connectivity index (χ3v) is 8.77. The predicted octanol–water partition coefficient (Wildman–Crippen LogP) is 2.79. The first-order valence-electron chi connectivity index (χ1n) is 11.7. The van der Waals surface area contributed by atoms with Crippen LogP contribution in [0.1, 0.15) is 59.3 Å². The van der Waals surface area contributed by atoms with E-state index in [1.54, 1.807) is 0 Å². The van der Waals surface area contributed by atoms with Crippen molar-refractivity contribution >= 4 is 11.9 Å². The Hall–Kier alpha value is -1.14. The number of hydrogen-bond acceptors (Lipinski definition) is 6. The van der Waals surface area contributed by atoms with Crippen molar-refractivity contribution in [3.63, 3.8) is 0 Å². The number of rotatable bonds is 4. The number of esters is 2. The van der Waals surface area contributed by atoms with Crippen molar-refractivity contribution in [2.24, 2.45) is 29.1 Å². The summed E-state index contributed by atoms with van der Waals surface area (Å²) in [5.41, 5.74) is 0.0831. The summed E-state index contributed by atoms with van der Waals surface area (Å²) < 4.78 is 17.7. The molecule has 5 fully saturated rings. The molecule has 3 aliphatic heterocycles. The van der Waals surface area contributed by atoms with Crippen LogP contribution in [0.25, 0.3) is 0 Å². The molecule has 0 unspecified atom stereocenters. The van der Waals surface area contributed by atoms with Crippen LogP contribution in [0.4, 0.5) is 0 Å². The van der Waals surface area contributed by atoms with Crippen molar-refractivity contribution in [3.8, 4) is 0 Å². The number of piperidine rings is 1. The van der Waals surface area contributed by atoms with Gasteiger partial charge < -0.3 is 19.1 Å². The summed E-state index contributed by atoms with van der Waals surface area (Å²) >= 11 is 0.